The van der Waals surface area contributed by atoms with Crippen molar-refractivity contribution in [3.05, 3.63) is 35.6 Å². The number of hydrogen-bond acceptors (Lipinski definition) is 2. The fourth-order valence-electron chi connectivity index (χ4n) is 1.89. The molecule has 1 aromatic rings. The van der Waals surface area contributed by atoms with Crippen LogP contribution < -0.4 is 5.32 Å². The van der Waals surface area contributed by atoms with E-state index in [1.54, 1.807) is 12.1 Å². The van der Waals surface area contributed by atoms with Crippen LogP contribution >= 0.6 is 0 Å². The van der Waals surface area contributed by atoms with Gasteiger partial charge in [0.1, 0.15) is 5.82 Å². The van der Waals surface area contributed by atoms with Gasteiger partial charge in [-0.1, -0.05) is 19.1 Å². The molecule has 2 rings (SSSR count). The first-order valence-electron chi connectivity index (χ1n) is 5.77. The molecule has 1 aliphatic rings. The highest BCUT2D eigenvalue weighted by molar-refractivity contribution is 5.19. The summed E-state index contributed by atoms with van der Waals surface area (Å²) in [5.74, 6) is 0.282. The molecule has 1 saturated heterocycles. The van der Waals surface area contributed by atoms with Crippen LogP contribution in [0.5, 0.6) is 0 Å². The largest absolute Gasteiger partial charge is 0.372 e. The number of nitrogens with one attached hydrogen (secondary N) is 1. The molecule has 2 nitrogen and oxygen atoms in total. The van der Waals surface area contributed by atoms with Crippen molar-refractivity contribution >= 4 is 0 Å². The van der Waals surface area contributed by atoms with Gasteiger partial charge in [0.25, 0.3) is 0 Å². The molecule has 3 atom stereocenters. The predicted octanol–water partition coefficient (Wildman–Crippen LogP) is 2.51. The quantitative estimate of drug-likeness (QED) is 0.790. The normalized spacial score (nSPS) is 31.1. The summed E-state index contributed by atoms with van der Waals surface area (Å²) in [4.78, 5) is 0. The highest BCUT2D eigenvalue weighted by Gasteiger charge is 2.22. The molecule has 0 bridgehead atoms. The molecule has 1 N–H and O–H groups in total. The molecule has 1 heterocycles. The fraction of sp³-hybridized carbons (Fsp3) is 0.538. The van der Waals surface area contributed by atoms with E-state index in [0.717, 1.165) is 18.7 Å². The van der Waals surface area contributed by atoms with Crippen LogP contribution in [0.4, 0.5) is 4.39 Å². The summed E-state index contributed by atoms with van der Waals surface area (Å²) in [5, 5.41) is 3.41. The Hall–Kier alpha value is -0.930. The van der Waals surface area contributed by atoms with E-state index >= 15 is 0 Å². The van der Waals surface area contributed by atoms with Gasteiger partial charge in [-0.15, -0.1) is 0 Å². The van der Waals surface area contributed by atoms with Crippen LogP contribution in [0.3, 0.4) is 0 Å². The molecular formula is C13H18FNO. The Kier molecular flexibility index (Phi) is 3.56. The molecule has 16 heavy (non-hydrogen) atoms. The van der Waals surface area contributed by atoms with Crippen molar-refractivity contribution in [2.24, 2.45) is 5.92 Å². The summed E-state index contributed by atoms with van der Waals surface area (Å²) >= 11 is 0. The number of rotatable bonds is 1. The third-order valence-electron chi connectivity index (χ3n) is 3.26. The van der Waals surface area contributed by atoms with E-state index in [9.17, 15) is 4.39 Å². The van der Waals surface area contributed by atoms with E-state index < -0.39 is 0 Å². The molecule has 0 radical (unpaired) electrons. The number of benzene rings is 1. The molecule has 0 saturated carbocycles. The van der Waals surface area contributed by atoms with Crippen LogP contribution in [0, 0.1) is 11.7 Å². The molecule has 0 aromatic heterocycles. The number of hydrogen-bond donors (Lipinski definition) is 1. The van der Waals surface area contributed by atoms with Crippen molar-refractivity contribution in [3.8, 4) is 0 Å². The summed E-state index contributed by atoms with van der Waals surface area (Å²) in [6.45, 7) is 5.78. The molecule has 1 fully saturated rings. The Labute approximate surface area is 95.8 Å². The summed E-state index contributed by atoms with van der Waals surface area (Å²) in [5.41, 5.74) is 0.911. The SMILES string of the molecule is CC1COC(c2cccc(F)c2)CNC1C. The zero-order valence-electron chi connectivity index (χ0n) is 9.74. The van der Waals surface area contributed by atoms with Gasteiger partial charge in [-0.25, -0.2) is 4.39 Å². The van der Waals surface area contributed by atoms with Crippen molar-refractivity contribution in [1.29, 1.82) is 0 Å². The molecule has 1 aliphatic heterocycles. The zero-order valence-corrected chi connectivity index (χ0v) is 9.74. The standard InChI is InChI=1S/C13H18FNO/c1-9-8-16-13(7-15-10(9)2)11-4-3-5-12(14)6-11/h3-6,9-10,13,15H,7-8H2,1-2H3. The van der Waals surface area contributed by atoms with Gasteiger partial charge < -0.3 is 10.1 Å². The highest BCUT2D eigenvalue weighted by Crippen LogP contribution is 2.22. The van der Waals surface area contributed by atoms with Gasteiger partial charge in [-0.3, -0.25) is 0 Å². The highest BCUT2D eigenvalue weighted by atomic mass is 19.1. The van der Waals surface area contributed by atoms with Crippen LogP contribution in [0.1, 0.15) is 25.5 Å². The average Bonchev–Trinajstić information content (AvgIpc) is 2.43. The molecule has 0 amide bonds. The zero-order chi connectivity index (χ0) is 11.5. The van der Waals surface area contributed by atoms with Crippen LogP contribution in [-0.2, 0) is 4.74 Å². The van der Waals surface area contributed by atoms with E-state index in [1.165, 1.54) is 6.07 Å². The third kappa shape index (κ3) is 2.60. The molecule has 3 heteroatoms. The minimum absolute atomic E-state index is 0.0388. The summed E-state index contributed by atoms with van der Waals surface area (Å²) in [6, 6.07) is 7.09. The summed E-state index contributed by atoms with van der Waals surface area (Å²) < 4.78 is 18.9. The smallest absolute Gasteiger partial charge is 0.123 e. The average molecular weight is 223 g/mol. The first kappa shape index (κ1) is 11.6. The molecular weight excluding hydrogens is 205 g/mol. The Morgan fingerprint density at radius 3 is 2.94 bits per heavy atom. The van der Waals surface area contributed by atoms with Crippen molar-refractivity contribution < 1.29 is 9.13 Å². The monoisotopic (exact) mass is 223 g/mol. The van der Waals surface area contributed by atoms with Gasteiger partial charge >= 0.3 is 0 Å². The lowest BCUT2D eigenvalue weighted by atomic mass is 10.1. The lowest BCUT2D eigenvalue weighted by molar-refractivity contribution is 0.0494. The topological polar surface area (TPSA) is 21.3 Å². The molecule has 3 unspecified atom stereocenters. The lowest BCUT2D eigenvalue weighted by Crippen LogP contribution is -2.32. The third-order valence-corrected chi connectivity index (χ3v) is 3.26. The number of halogens is 1. The Morgan fingerprint density at radius 1 is 1.38 bits per heavy atom. The Morgan fingerprint density at radius 2 is 2.19 bits per heavy atom. The van der Waals surface area contributed by atoms with E-state index in [1.807, 2.05) is 6.07 Å². The Bertz CT molecular complexity index is 344. The predicted molar refractivity (Wildman–Crippen MR) is 61.7 cm³/mol. The lowest BCUT2D eigenvalue weighted by Gasteiger charge is -2.15. The second-order valence-electron chi connectivity index (χ2n) is 4.55. The van der Waals surface area contributed by atoms with Gasteiger partial charge in [0.05, 0.1) is 12.7 Å². The maximum absolute atomic E-state index is 13.1. The maximum atomic E-state index is 13.1. The molecule has 1 aromatic carbocycles. The van der Waals surface area contributed by atoms with Crippen molar-refractivity contribution in [2.75, 3.05) is 13.2 Å². The maximum Gasteiger partial charge on any atom is 0.123 e. The molecule has 0 aliphatic carbocycles. The van der Waals surface area contributed by atoms with Gasteiger partial charge in [0, 0.05) is 12.6 Å². The van der Waals surface area contributed by atoms with Crippen molar-refractivity contribution in [3.63, 3.8) is 0 Å². The van der Waals surface area contributed by atoms with Gasteiger partial charge in [-0.05, 0) is 30.5 Å². The minimum atomic E-state index is -0.202. The fourth-order valence-corrected chi connectivity index (χ4v) is 1.89. The van der Waals surface area contributed by atoms with Gasteiger partial charge in [-0.2, -0.15) is 0 Å². The van der Waals surface area contributed by atoms with Crippen LogP contribution in [0.15, 0.2) is 24.3 Å². The van der Waals surface area contributed by atoms with Crippen LogP contribution in [-0.4, -0.2) is 19.2 Å². The minimum Gasteiger partial charge on any atom is -0.372 e. The number of ether oxygens (including phenoxy) is 1. The van der Waals surface area contributed by atoms with Crippen LogP contribution in [0.25, 0.3) is 0 Å². The van der Waals surface area contributed by atoms with Crippen molar-refractivity contribution in [1.82, 2.24) is 5.32 Å². The van der Waals surface area contributed by atoms with E-state index in [4.69, 9.17) is 4.74 Å². The molecule has 0 spiro atoms. The van der Waals surface area contributed by atoms with Gasteiger partial charge in [0.2, 0.25) is 0 Å². The van der Waals surface area contributed by atoms with Crippen LogP contribution in [0.2, 0.25) is 0 Å². The van der Waals surface area contributed by atoms with E-state index in [-0.39, 0.29) is 11.9 Å². The van der Waals surface area contributed by atoms with Crippen molar-refractivity contribution in [2.45, 2.75) is 26.0 Å². The van der Waals surface area contributed by atoms with Gasteiger partial charge in [0.15, 0.2) is 0 Å². The Balaban J connectivity index is 2.10. The second-order valence-corrected chi connectivity index (χ2v) is 4.55. The first-order chi connectivity index (χ1) is 7.66. The second kappa shape index (κ2) is 4.93. The van der Waals surface area contributed by atoms with E-state index in [2.05, 4.69) is 19.2 Å². The summed E-state index contributed by atoms with van der Waals surface area (Å²) in [7, 11) is 0. The van der Waals surface area contributed by atoms with E-state index in [0.29, 0.717) is 12.0 Å². The molecule has 88 valence electrons. The first-order valence-corrected chi connectivity index (χ1v) is 5.77. The summed E-state index contributed by atoms with van der Waals surface area (Å²) in [6.07, 6.45) is -0.0388.